The monoisotopic (exact) mass is 475 g/mol. The molecule has 1 aliphatic carbocycles. The third kappa shape index (κ3) is 4.74. The summed E-state index contributed by atoms with van der Waals surface area (Å²) in [5.74, 6) is 1.41. The van der Waals surface area contributed by atoms with Crippen molar-refractivity contribution in [2.45, 2.75) is 26.2 Å². The van der Waals surface area contributed by atoms with E-state index in [2.05, 4.69) is 15.0 Å². The zero-order valence-corrected chi connectivity index (χ0v) is 19.1. The second-order valence-corrected chi connectivity index (χ2v) is 8.42. The molecule has 0 aliphatic heterocycles. The first kappa shape index (κ1) is 22.9. The summed E-state index contributed by atoms with van der Waals surface area (Å²) in [6.45, 7) is 1.96. The molecule has 0 unspecified atom stereocenters. The summed E-state index contributed by atoms with van der Waals surface area (Å²) < 4.78 is 1.67. The van der Waals surface area contributed by atoms with Gasteiger partial charge in [0.1, 0.15) is 29.1 Å². The highest BCUT2D eigenvalue weighted by molar-refractivity contribution is 6.35. The Labute approximate surface area is 200 Å². The van der Waals surface area contributed by atoms with Gasteiger partial charge in [-0.15, -0.1) is 0 Å². The molecule has 1 saturated carbocycles. The Morgan fingerprint density at radius 2 is 1.85 bits per heavy atom. The van der Waals surface area contributed by atoms with E-state index in [1.165, 1.54) is 12.8 Å². The quantitative estimate of drug-likeness (QED) is 0.402. The van der Waals surface area contributed by atoms with Crippen molar-refractivity contribution >= 4 is 40.1 Å². The van der Waals surface area contributed by atoms with Crippen molar-refractivity contribution in [1.29, 1.82) is 5.26 Å². The maximum absolute atomic E-state index is 13.1. The third-order valence-electron chi connectivity index (χ3n) is 5.30. The first-order valence-electron chi connectivity index (χ1n) is 10.5. The molecule has 0 bridgehead atoms. The predicted molar refractivity (Wildman–Crippen MR) is 131 cm³/mol. The van der Waals surface area contributed by atoms with Crippen molar-refractivity contribution in [2.24, 2.45) is 5.92 Å². The molecular formula is C23H22ClN9O. The molecule has 0 saturated heterocycles. The van der Waals surface area contributed by atoms with Crippen LogP contribution in [0.1, 0.15) is 29.8 Å². The lowest BCUT2D eigenvalue weighted by molar-refractivity contribution is 0.727. The van der Waals surface area contributed by atoms with Crippen molar-refractivity contribution in [3.63, 3.8) is 0 Å². The van der Waals surface area contributed by atoms with E-state index in [0.29, 0.717) is 21.8 Å². The smallest absolute Gasteiger partial charge is 0.267 e. The van der Waals surface area contributed by atoms with Crippen LogP contribution in [0.2, 0.25) is 5.02 Å². The van der Waals surface area contributed by atoms with Crippen LogP contribution in [0.3, 0.4) is 0 Å². The summed E-state index contributed by atoms with van der Waals surface area (Å²) in [6, 6.07) is 9.12. The summed E-state index contributed by atoms with van der Waals surface area (Å²) >= 11 is 6.25. The topological polar surface area (TPSA) is 175 Å². The van der Waals surface area contributed by atoms with Gasteiger partial charge in [-0.25, -0.2) is 4.98 Å². The molecule has 34 heavy (non-hydrogen) atoms. The molecule has 1 aromatic carbocycles. The molecule has 1 fully saturated rings. The highest BCUT2D eigenvalue weighted by Crippen LogP contribution is 2.33. The van der Waals surface area contributed by atoms with Gasteiger partial charge < -0.3 is 17.2 Å². The number of nitrogens with two attached hydrogens (primary N) is 3. The van der Waals surface area contributed by atoms with E-state index in [-0.39, 0.29) is 28.7 Å². The maximum atomic E-state index is 13.1. The average Bonchev–Trinajstić information content (AvgIpc) is 3.58. The van der Waals surface area contributed by atoms with Crippen LogP contribution < -0.4 is 22.8 Å². The molecular weight excluding hydrogens is 454 g/mol. The SMILES string of the molecule is Cc1cncc(-n2c(CC3CC3)nc3cccc(Cl)c3c2=O)c1.N#Cc1c(N)nc(N)nc1N. The lowest BCUT2D eigenvalue weighted by Crippen LogP contribution is -2.24. The molecule has 3 heterocycles. The van der Waals surface area contributed by atoms with Gasteiger partial charge in [0.2, 0.25) is 5.95 Å². The van der Waals surface area contributed by atoms with Crippen molar-refractivity contribution in [3.8, 4) is 11.8 Å². The summed E-state index contributed by atoms with van der Waals surface area (Å²) in [6.07, 6.45) is 6.70. The molecule has 10 nitrogen and oxygen atoms in total. The molecule has 3 aromatic heterocycles. The van der Waals surface area contributed by atoms with E-state index < -0.39 is 0 Å². The number of benzene rings is 1. The number of anilines is 3. The minimum Gasteiger partial charge on any atom is -0.382 e. The Morgan fingerprint density at radius 1 is 1.15 bits per heavy atom. The van der Waals surface area contributed by atoms with Crippen LogP contribution in [0.15, 0.2) is 41.5 Å². The van der Waals surface area contributed by atoms with Gasteiger partial charge in [-0.1, -0.05) is 17.7 Å². The van der Waals surface area contributed by atoms with Gasteiger partial charge in [0, 0.05) is 12.6 Å². The number of nitrogen functional groups attached to an aromatic ring is 3. The van der Waals surface area contributed by atoms with Crippen LogP contribution >= 0.6 is 11.6 Å². The Hall–Kier alpha value is -4.23. The van der Waals surface area contributed by atoms with E-state index in [1.807, 2.05) is 25.1 Å². The van der Waals surface area contributed by atoms with Crippen molar-refractivity contribution in [3.05, 3.63) is 69.0 Å². The van der Waals surface area contributed by atoms with Gasteiger partial charge in [-0.2, -0.15) is 15.2 Å². The number of aromatic nitrogens is 5. The number of pyridine rings is 1. The van der Waals surface area contributed by atoms with Gasteiger partial charge in [0.05, 0.1) is 27.8 Å². The lowest BCUT2D eigenvalue weighted by atomic mass is 10.2. The van der Waals surface area contributed by atoms with Crippen molar-refractivity contribution < 1.29 is 0 Å². The first-order chi connectivity index (χ1) is 16.3. The van der Waals surface area contributed by atoms with E-state index in [0.717, 1.165) is 23.5 Å². The van der Waals surface area contributed by atoms with Gasteiger partial charge >= 0.3 is 0 Å². The fourth-order valence-corrected chi connectivity index (χ4v) is 3.76. The van der Waals surface area contributed by atoms with Crippen LogP contribution in [0.4, 0.5) is 17.6 Å². The number of nitrogens with zero attached hydrogens (tertiary/aromatic N) is 6. The maximum Gasteiger partial charge on any atom is 0.267 e. The zero-order chi connectivity index (χ0) is 24.4. The highest BCUT2D eigenvalue weighted by Gasteiger charge is 2.25. The molecule has 1 aliphatic rings. The number of hydrogen-bond donors (Lipinski definition) is 3. The number of aryl methyl sites for hydroxylation is 1. The fourth-order valence-electron chi connectivity index (χ4n) is 3.51. The largest absolute Gasteiger partial charge is 0.382 e. The Balaban J connectivity index is 0.000000210. The number of hydrogen-bond acceptors (Lipinski definition) is 9. The minimum atomic E-state index is -0.122. The zero-order valence-electron chi connectivity index (χ0n) is 18.4. The first-order valence-corrected chi connectivity index (χ1v) is 10.9. The van der Waals surface area contributed by atoms with Gasteiger partial charge in [0.25, 0.3) is 5.56 Å². The van der Waals surface area contributed by atoms with Crippen molar-refractivity contribution in [2.75, 3.05) is 17.2 Å². The Morgan fingerprint density at radius 3 is 2.47 bits per heavy atom. The van der Waals surface area contributed by atoms with Gasteiger partial charge in [-0.05, 0) is 49.4 Å². The second kappa shape index (κ2) is 9.33. The van der Waals surface area contributed by atoms with Crippen LogP contribution in [0, 0.1) is 24.2 Å². The summed E-state index contributed by atoms with van der Waals surface area (Å²) in [4.78, 5) is 29.1. The van der Waals surface area contributed by atoms with Crippen LogP contribution in [-0.2, 0) is 6.42 Å². The number of halogens is 1. The second-order valence-electron chi connectivity index (χ2n) is 8.01. The van der Waals surface area contributed by atoms with E-state index in [9.17, 15) is 4.79 Å². The van der Waals surface area contributed by atoms with Crippen molar-refractivity contribution in [1.82, 2.24) is 24.5 Å². The Kier molecular flexibility index (Phi) is 6.30. The van der Waals surface area contributed by atoms with Crippen LogP contribution in [0.5, 0.6) is 0 Å². The molecule has 0 spiro atoms. The fraction of sp³-hybridized carbons (Fsp3) is 0.217. The third-order valence-corrected chi connectivity index (χ3v) is 5.61. The number of fused-ring (bicyclic) bond motifs is 1. The Bertz CT molecular complexity index is 1470. The molecule has 6 N–H and O–H groups in total. The van der Waals surface area contributed by atoms with E-state index >= 15 is 0 Å². The molecule has 0 amide bonds. The van der Waals surface area contributed by atoms with E-state index in [4.69, 9.17) is 39.0 Å². The number of rotatable bonds is 3. The molecule has 5 rings (SSSR count). The molecule has 4 aromatic rings. The standard InChI is InChI=1S/C18H16ClN3O.C5H6N6/c1-11-7-13(10-20-9-11)22-16(8-12-5-6-12)21-15-4-2-3-14(19)17(15)18(22)23;6-1-2-3(7)10-5(9)11-4(2)8/h2-4,7,9-10,12H,5-6,8H2,1H3;(H6,7,8,9,10,11). The summed E-state index contributed by atoms with van der Waals surface area (Å²) in [7, 11) is 0. The van der Waals surface area contributed by atoms with Crippen LogP contribution in [0.25, 0.3) is 16.6 Å². The highest BCUT2D eigenvalue weighted by atomic mass is 35.5. The lowest BCUT2D eigenvalue weighted by Gasteiger charge is -2.14. The molecule has 0 atom stereocenters. The summed E-state index contributed by atoms with van der Waals surface area (Å²) in [5.41, 5.74) is 18.2. The van der Waals surface area contributed by atoms with Crippen LogP contribution in [-0.4, -0.2) is 24.5 Å². The predicted octanol–water partition coefficient (Wildman–Crippen LogP) is 2.79. The average molecular weight is 476 g/mol. The minimum absolute atomic E-state index is 0.0116. The van der Waals surface area contributed by atoms with Gasteiger partial charge in [0.15, 0.2) is 0 Å². The molecule has 172 valence electrons. The van der Waals surface area contributed by atoms with E-state index in [1.54, 1.807) is 29.1 Å². The number of nitriles is 1. The molecule has 11 heteroatoms. The van der Waals surface area contributed by atoms with Gasteiger partial charge in [-0.3, -0.25) is 14.3 Å². The molecule has 0 radical (unpaired) electrons. The normalized spacial score (nSPS) is 12.6. The summed E-state index contributed by atoms with van der Waals surface area (Å²) in [5, 5.41) is 9.36.